The van der Waals surface area contributed by atoms with E-state index in [1.54, 1.807) is 11.8 Å². The molecule has 0 radical (unpaired) electrons. The molecule has 1 N–H and O–H groups in total. The van der Waals surface area contributed by atoms with Crippen LogP contribution in [0.3, 0.4) is 0 Å². The van der Waals surface area contributed by atoms with E-state index in [2.05, 4.69) is 42.1 Å². The average molecular weight is 476 g/mol. The number of nitrogens with zero attached hydrogens (tertiary/aromatic N) is 2. The van der Waals surface area contributed by atoms with E-state index in [-0.39, 0.29) is 5.91 Å². The molecule has 1 amide bonds. The number of hydrogen-bond acceptors (Lipinski definition) is 4. The van der Waals surface area contributed by atoms with Crippen molar-refractivity contribution in [2.75, 3.05) is 13.1 Å². The summed E-state index contributed by atoms with van der Waals surface area (Å²) in [4.78, 5) is 20.4. The van der Waals surface area contributed by atoms with Crippen molar-refractivity contribution in [1.82, 2.24) is 10.2 Å². The van der Waals surface area contributed by atoms with Gasteiger partial charge in [0, 0.05) is 25.0 Å². The number of amides is 1. The fourth-order valence-corrected chi connectivity index (χ4v) is 5.80. The van der Waals surface area contributed by atoms with E-state index < -0.39 is 0 Å². The number of amidine groups is 1. The fraction of sp³-hybridized carbons (Fsp3) is 0.786. The van der Waals surface area contributed by atoms with E-state index in [0.29, 0.717) is 0 Å². The Hall–Kier alpha value is -1.23. The second-order valence-electron chi connectivity index (χ2n) is 9.83. The van der Waals surface area contributed by atoms with Gasteiger partial charge in [-0.15, -0.1) is 0 Å². The number of thioether (sulfide) groups is 1. The lowest BCUT2D eigenvalue weighted by Gasteiger charge is -2.25. The molecule has 0 aromatic rings. The Morgan fingerprint density at radius 1 is 1.03 bits per heavy atom. The quantitative estimate of drug-likeness (QED) is 0.203. The molecule has 0 saturated carbocycles. The molecule has 2 aliphatic heterocycles. The van der Waals surface area contributed by atoms with Gasteiger partial charge in [-0.3, -0.25) is 9.79 Å². The highest BCUT2D eigenvalue weighted by Gasteiger charge is 2.33. The monoisotopic (exact) mass is 475 g/mol. The molecule has 2 rings (SSSR count). The van der Waals surface area contributed by atoms with Gasteiger partial charge >= 0.3 is 0 Å². The summed E-state index contributed by atoms with van der Waals surface area (Å²) in [6.45, 7) is 8.76. The lowest BCUT2D eigenvalue weighted by Crippen LogP contribution is -2.29. The molecule has 188 valence electrons. The average Bonchev–Trinajstić information content (AvgIpc) is 3.19. The summed E-state index contributed by atoms with van der Waals surface area (Å²) in [5.41, 5.74) is 1.16. The number of allylic oxidation sites excluding steroid dienone is 2. The van der Waals surface area contributed by atoms with Crippen LogP contribution in [0.1, 0.15) is 124 Å². The van der Waals surface area contributed by atoms with Gasteiger partial charge in [-0.1, -0.05) is 104 Å². The molecule has 0 spiro atoms. The number of fused-ring (bicyclic) bond motifs is 1. The summed E-state index contributed by atoms with van der Waals surface area (Å²) in [5.74, 6) is 0.911. The molecule has 1 unspecified atom stereocenters. The third-order valence-corrected chi connectivity index (χ3v) is 7.85. The molecule has 1 atom stereocenters. The number of carbonyl (C=O) groups excluding carboxylic acids is 1. The fourth-order valence-electron chi connectivity index (χ4n) is 4.67. The lowest BCUT2D eigenvalue weighted by atomic mass is 9.96. The van der Waals surface area contributed by atoms with Crippen molar-refractivity contribution in [1.29, 1.82) is 0 Å². The van der Waals surface area contributed by atoms with Gasteiger partial charge in [0.2, 0.25) is 0 Å². The molecule has 0 fully saturated rings. The number of aliphatic imine (C=N–C) groups is 1. The van der Waals surface area contributed by atoms with E-state index in [1.807, 2.05) is 6.20 Å². The molecular weight excluding hydrogens is 426 g/mol. The highest BCUT2D eigenvalue weighted by atomic mass is 32.2. The van der Waals surface area contributed by atoms with E-state index in [4.69, 9.17) is 0 Å². The Labute approximate surface area is 208 Å². The molecule has 0 bridgehead atoms. The van der Waals surface area contributed by atoms with Gasteiger partial charge in [0.25, 0.3) is 5.91 Å². The van der Waals surface area contributed by atoms with Crippen molar-refractivity contribution in [2.24, 2.45) is 10.9 Å². The predicted octanol–water partition coefficient (Wildman–Crippen LogP) is 8.16. The first-order valence-corrected chi connectivity index (χ1v) is 14.7. The first-order chi connectivity index (χ1) is 16.2. The molecule has 0 aromatic heterocycles. The Kier molecular flexibility index (Phi) is 14.6. The molecule has 2 aliphatic rings. The number of nitrogens with one attached hydrogen (secondary N) is 1. The lowest BCUT2D eigenvalue weighted by molar-refractivity contribution is -0.116. The van der Waals surface area contributed by atoms with E-state index in [1.165, 1.54) is 77.0 Å². The largest absolute Gasteiger partial charge is 0.328 e. The smallest absolute Gasteiger partial charge is 0.263 e. The number of unbranched alkanes of at least 4 members (excludes halogenated alkanes) is 9. The molecule has 4 nitrogen and oxygen atoms in total. The highest BCUT2D eigenvalue weighted by Crippen LogP contribution is 2.38. The van der Waals surface area contributed by atoms with E-state index >= 15 is 0 Å². The van der Waals surface area contributed by atoms with Crippen molar-refractivity contribution in [3.8, 4) is 0 Å². The maximum absolute atomic E-state index is 12.7. The first kappa shape index (κ1) is 28.0. The molecule has 2 heterocycles. The van der Waals surface area contributed by atoms with Crippen LogP contribution in [0.2, 0.25) is 0 Å². The third kappa shape index (κ3) is 10.7. The maximum Gasteiger partial charge on any atom is 0.263 e. The zero-order valence-electron chi connectivity index (χ0n) is 21.7. The van der Waals surface area contributed by atoms with Crippen LogP contribution in [-0.2, 0) is 4.79 Å². The van der Waals surface area contributed by atoms with Gasteiger partial charge in [0.1, 0.15) is 0 Å². The Bertz CT molecular complexity index is 656. The van der Waals surface area contributed by atoms with E-state index in [0.717, 1.165) is 60.5 Å². The molecule has 0 aliphatic carbocycles. The van der Waals surface area contributed by atoms with Crippen LogP contribution in [0.5, 0.6) is 0 Å². The van der Waals surface area contributed by atoms with Crippen LogP contribution in [0, 0.1) is 5.92 Å². The van der Waals surface area contributed by atoms with Crippen LogP contribution >= 0.6 is 11.8 Å². The number of hydrogen-bond donors (Lipinski definition) is 1. The molecule has 0 saturated heterocycles. The zero-order chi connectivity index (χ0) is 23.7. The van der Waals surface area contributed by atoms with Gasteiger partial charge in [-0.2, -0.15) is 0 Å². The Morgan fingerprint density at radius 2 is 1.73 bits per heavy atom. The molecule has 5 heteroatoms. The predicted molar refractivity (Wildman–Crippen MR) is 145 cm³/mol. The normalized spacial score (nSPS) is 16.9. The SMILES string of the molecule is CCCCCCCCC(C)CCCCCCC=CNC(=O)C1=C(CCC)N2CCCN=C2S1. The van der Waals surface area contributed by atoms with Gasteiger partial charge in [-0.05, 0) is 43.4 Å². The summed E-state index contributed by atoms with van der Waals surface area (Å²) in [7, 11) is 0. The van der Waals surface area contributed by atoms with Crippen molar-refractivity contribution >= 4 is 22.8 Å². The van der Waals surface area contributed by atoms with Gasteiger partial charge in [0.15, 0.2) is 5.17 Å². The minimum atomic E-state index is 0.0242. The van der Waals surface area contributed by atoms with Gasteiger partial charge < -0.3 is 10.2 Å². The number of rotatable bonds is 18. The van der Waals surface area contributed by atoms with Crippen LogP contribution in [0.15, 0.2) is 27.9 Å². The summed E-state index contributed by atoms with van der Waals surface area (Å²) in [5, 5.41) is 4.01. The topological polar surface area (TPSA) is 44.7 Å². The number of carbonyl (C=O) groups is 1. The van der Waals surface area contributed by atoms with Crippen LogP contribution in [-0.4, -0.2) is 29.1 Å². The van der Waals surface area contributed by atoms with E-state index in [9.17, 15) is 4.79 Å². The minimum Gasteiger partial charge on any atom is -0.328 e. The second-order valence-corrected chi connectivity index (χ2v) is 10.8. The maximum atomic E-state index is 12.7. The van der Waals surface area contributed by atoms with Gasteiger partial charge in [0.05, 0.1) is 4.91 Å². The van der Waals surface area contributed by atoms with Crippen LogP contribution in [0.4, 0.5) is 0 Å². The summed E-state index contributed by atoms with van der Waals surface area (Å²) in [6, 6.07) is 0. The van der Waals surface area contributed by atoms with Gasteiger partial charge in [-0.25, -0.2) is 0 Å². The minimum absolute atomic E-state index is 0.0242. The Balaban J connectivity index is 1.52. The molecule has 33 heavy (non-hydrogen) atoms. The zero-order valence-corrected chi connectivity index (χ0v) is 22.5. The third-order valence-electron chi connectivity index (χ3n) is 6.69. The highest BCUT2D eigenvalue weighted by molar-refractivity contribution is 8.18. The van der Waals surface area contributed by atoms with Crippen LogP contribution < -0.4 is 5.32 Å². The first-order valence-electron chi connectivity index (χ1n) is 13.9. The summed E-state index contributed by atoms with van der Waals surface area (Å²) >= 11 is 1.55. The van der Waals surface area contributed by atoms with Crippen molar-refractivity contribution in [3.63, 3.8) is 0 Å². The van der Waals surface area contributed by atoms with Crippen molar-refractivity contribution in [3.05, 3.63) is 22.9 Å². The Morgan fingerprint density at radius 3 is 2.45 bits per heavy atom. The van der Waals surface area contributed by atoms with Crippen LogP contribution in [0.25, 0.3) is 0 Å². The van der Waals surface area contributed by atoms with Crippen molar-refractivity contribution < 1.29 is 4.79 Å². The summed E-state index contributed by atoms with van der Waals surface area (Å²) in [6.07, 6.45) is 24.5. The second kappa shape index (κ2) is 17.2. The summed E-state index contributed by atoms with van der Waals surface area (Å²) < 4.78 is 0. The van der Waals surface area contributed by atoms with Crippen molar-refractivity contribution in [2.45, 2.75) is 124 Å². The molecular formula is C28H49N3OS. The standard InChI is InChI=1S/C28H49N3OS/c1-4-6-7-8-11-14-19-24(3)20-15-12-9-10-13-16-21-29-27(32)26-25(18-5-2)31-23-17-22-30-28(31)33-26/h16,21,24H,4-15,17-20,22-23H2,1-3H3,(H,29,32). The molecule has 0 aromatic carbocycles.